The number of aromatic nitrogens is 2. The SMILES string of the molecule is Cc1nc2cc([N+](=O)[O-])ccc2n(C(C)c2ccccc2)c1=O. The van der Waals surface area contributed by atoms with E-state index in [1.165, 1.54) is 12.1 Å². The summed E-state index contributed by atoms with van der Waals surface area (Å²) in [5, 5.41) is 10.9. The van der Waals surface area contributed by atoms with Gasteiger partial charge in [-0.1, -0.05) is 30.3 Å². The molecule has 0 fully saturated rings. The van der Waals surface area contributed by atoms with Gasteiger partial charge in [-0.05, 0) is 25.5 Å². The molecule has 2 aromatic carbocycles. The fraction of sp³-hybridized carbons (Fsp3) is 0.176. The number of fused-ring (bicyclic) bond motifs is 1. The van der Waals surface area contributed by atoms with E-state index < -0.39 is 4.92 Å². The van der Waals surface area contributed by atoms with Crippen LogP contribution >= 0.6 is 0 Å². The zero-order valence-electron chi connectivity index (χ0n) is 12.8. The van der Waals surface area contributed by atoms with Crippen LogP contribution < -0.4 is 5.56 Å². The van der Waals surface area contributed by atoms with Gasteiger partial charge in [-0.2, -0.15) is 0 Å². The first-order valence-electron chi connectivity index (χ1n) is 7.21. The van der Waals surface area contributed by atoms with Crippen molar-refractivity contribution < 1.29 is 4.92 Å². The summed E-state index contributed by atoms with van der Waals surface area (Å²) in [6, 6.07) is 13.8. The molecule has 3 aromatic rings. The van der Waals surface area contributed by atoms with Crippen LogP contribution in [0.3, 0.4) is 0 Å². The number of nitro benzene ring substituents is 1. The van der Waals surface area contributed by atoms with Crippen molar-refractivity contribution in [3.05, 3.63) is 80.3 Å². The second-order valence-electron chi connectivity index (χ2n) is 5.39. The molecule has 1 atom stereocenters. The molecule has 0 bridgehead atoms. The molecule has 0 aliphatic heterocycles. The minimum Gasteiger partial charge on any atom is -0.298 e. The van der Waals surface area contributed by atoms with Crippen molar-refractivity contribution in [2.24, 2.45) is 0 Å². The number of non-ortho nitro benzene ring substituents is 1. The van der Waals surface area contributed by atoms with Crippen LogP contribution in [-0.4, -0.2) is 14.5 Å². The molecule has 3 rings (SSSR count). The van der Waals surface area contributed by atoms with E-state index in [0.717, 1.165) is 5.56 Å². The molecule has 1 unspecified atom stereocenters. The number of benzene rings is 2. The Morgan fingerprint density at radius 1 is 1.17 bits per heavy atom. The first-order valence-corrected chi connectivity index (χ1v) is 7.21. The Morgan fingerprint density at radius 2 is 1.87 bits per heavy atom. The van der Waals surface area contributed by atoms with Crippen LogP contribution in [0.15, 0.2) is 53.3 Å². The summed E-state index contributed by atoms with van der Waals surface area (Å²) in [6.45, 7) is 3.55. The fourth-order valence-electron chi connectivity index (χ4n) is 2.70. The number of hydrogen-bond acceptors (Lipinski definition) is 4. The lowest BCUT2D eigenvalue weighted by Crippen LogP contribution is -2.27. The summed E-state index contributed by atoms with van der Waals surface area (Å²) in [5.74, 6) is 0. The van der Waals surface area contributed by atoms with E-state index in [2.05, 4.69) is 4.98 Å². The van der Waals surface area contributed by atoms with Crippen molar-refractivity contribution in [1.82, 2.24) is 9.55 Å². The van der Waals surface area contributed by atoms with Gasteiger partial charge in [0.1, 0.15) is 5.69 Å². The number of nitro groups is 1. The molecule has 6 heteroatoms. The Hall–Kier alpha value is -3.02. The summed E-state index contributed by atoms with van der Waals surface area (Å²) in [6.07, 6.45) is 0. The monoisotopic (exact) mass is 309 g/mol. The Balaban J connectivity index is 2.29. The zero-order chi connectivity index (χ0) is 16.6. The first-order chi connectivity index (χ1) is 11.0. The first kappa shape index (κ1) is 14.9. The topological polar surface area (TPSA) is 78.0 Å². The van der Waals surface area contributed by atoms with Gasteiger partial charge in [0.15, 0.2) is 0 Å². The lowest BCUT2D eigenvalue weighted by molar-refractivity contribution is -0.384. The Morgan fingerprint density at radius 3 is 2.52 bits per heavy atom. The van der Waals surface area contributed by atoms with E-state index in [-0.39, 0.29) is 17.3 Å². The maximum atomic E-state index is 12.6. The van der Waals surface area contributed by atoms with E-state index >= 15 is 0 Å². The average Bonchev–Trinajstić information content (AvgIpc) is 2.56. The number of nitrogens with zero attached hydrogens (tertiary/aromatic N) is 3. The van der Waals surface area contributed by atoms with Crippen LogP contribution in [-0.2, 0) is 0 Å². The third-order valence-electron chi connectivity index (χ3n) is 3.92. The van der Waals surface area contributed by atoms with E-state index in [1.54, 1.807) is 17.6 Å². The van der Waals surface area contributed by atoms with Gasteiger partial charge in [0.05, 0.1) is 22.0 Å². The molecule has 1 heterocycles. The van der Waals surface area contributed by atoms with Gasteiger partial charge in [-0.3, -0.25) is 19.5 Å². The van der Waals surface area contributed by atoms with Crippen LogP contribution in [0.5, 0.6) is 0 Å². The smallest absolute Gasteiger partial charge is 0.273 e. The van der Waals surface area contributed by atoms with Gasteiger partial charge in [-0.25, -0.2) is 4.98 Å². The van der Waals surface area contributed by atoms with E-state index in [0.29, 0.717) is 16.7 Å². The maximum absolute atomic E-state index is 12.6. The Bertz CT molecular complexity index is 948. The quantitative estimate of drug-likeness (QED) is 0.549. The molecule has 116 valence electrons. The third-order valence-corrected chi connectivity index (χ3v) is 3.92. The van der Waals surface area contributed by atoms with E-state index in [4.69, 9.17) is 0 Å². The molecule has 0 aliphatic rings. The van der Waals surface area contributed by atoms with Crippen molar-refractivity contribution in [2.45, 2.75) is 19.9 Å². The highest BCUT2D eigenvalue weighted by Crippen LogP contribution is 2.23. The number of rotatable bonds is 3. The fourth-order valence-corrected chi connectivity index (χ4v) is 2.70. The van der Waals surface area contributed by atoms with Crippen molar-refractivity contribution in [2.75, 3.05) is 0 Å². The molecule has 0 saturated carbocycles. The molecule has 1 aromatic heterocycles. The molecule has 6 nitrogen and oxygen atoms in total. The summed E-state index contributed by atoms with van der Waals surface area (Å²) >= 11 is 0. The van der Waals surface area contributed by atoms with Gasteiger partial charge >= 0.3 is 0 Å². The van der Waals surface area contributed by atoms with Crippen LogP contribution in [0.2, 0.25) is 0 Å². The highest BCUT2D eigenvalue weighted by molar-refractivity contribution is 5.78. The maximum Gasteiger partial charge on any atom is 0.273 e. The van der Waals surface area contributed by atoms with Crippen LogP contribution in [0.1, 0.15) is 24.2 Å². The molecule has 0 N–H and O–H groups in total. The van der Waals surface area contributed by atoms with Gasteiger partial charge < -0.3 is 0 Å². The molecule has 0 aliphatic carbocycles. The average molecular weight is 309 g/mol. The highest BCUT2D eigenvalue weighted by Gasteiger charge is 2.17. The highest BCUT2D eigenvalue weighted by atomic mass is 16.6. The Labute approximate surface area is 132 Å². The van der Waals surface area contributed by atoms with Gasteiger partial charge in [-0.15, -0.1) is 0 Å². The second-order valence-corrected chi connectivity index (χ2v) is 5.39. The molecular formula is C17H15N3O3. The summed E-state index contributed by atoms with van der Waals surface area (Å²) in [5.41, 5.74) is 2.10. The molecule has 0 radical (unpaired) electrons. The standard InChI is InChI=1S/C17H15N3O3/c1-11-17(21)19(12(2)13-6-4-3-5-7-13)16-9-8-14(20(22)23)10-15(16)18-11/h3-10,12H,1-2H3. The van der Waals surface area contributed by atoms with Gasteiger partial charge in [0.2, 0.25) is 0 Å². The molecule has 23 heavy (non-hydrogen) atoms. The molecule has 0 spiro atoms. The lowest BCUT2D eigenvalue weighted by atomic mass is 10.1. The van der Waals surface area contributed by atoms with Crippen molar-refractivity contribution in [3.8, 4) is 0 Å². The summed E-state index contributed by atoms with van der Waals surface area (Å²) < 4.78 is 1.64. The normalized spacial score (nSPS) is 12.3. The summed E-state index contributed by atoms with van der Waals surface area (Å²) in [7, 11) is 0. The number of hydrogen-bond donors (Lipinski definition) is 0. The third kappa shape index (κ3) is 2.59. The van der Waals surface area contributed by atoms with Gasteiger partial charge in [0.25, 0.3) is 11.2 Å². The Kier molecular flexibility index (Phi) is 3.65. The summed E-state index contributed by atoms with van der Waals surface area (Å²) in [4.78, 5) is 27.3. The lowest BCUT2D eigenvalue weighted by Gasteiger charge is -2.18. The predicted molar refractivity (Wildman–Crippen MR) is 87.6 cm³/mol. The largest absolute Gasteiger partial charge is 0.298 e. The van der Waals surface area contributed by atoms with E-state index in [9.17, 15) is 14.9 Å². The minimum absolute atomic E-state index is 0.0398. The minimum atomic E-state index is -0.466. The zero-order valence-corrected chi connectivity index (χ0v) is 12.8. The van der Waals surface area contributed by atoms with Crippen LogP contribution in [0, 0.1) is 17.0 Å². The molecular weight excluding hydrogens is 294 g/mol. The van der Waals surface area contributed by atoms with Crippen molar-refractivity contribution in [3.63, 3.8) is 0 Å². The van der Waals surface area contributed by atoms with Crippen LogP contribution in [0.25, 0.3) is 11.0 Å². The second kappa shape index (κ2) is 5.64. The van der Waals surface area contributed by atoms with Crippen molar-refractivity contribution in [1.29, 1.82) is 0 Å². The van der Waals surface area contributed by atoms with E-state index in [1.807, 2.05) is 37.3 Å². The van der Waals surface area contributed by atoms with Crippen molar-refractivity contribution >= 4 is 16.7 Å². The molecule has 0 amide bonds. The predicted octanol–water partition coefficient (Wildman–Crippen LogP) is 3.22. The van der Waals surface area contributed by atoms with Crippen LogP contribution in [0.4, 0.5) is 5.69 Å². The van der Waals surface area contributed by atoms with Gasteiger partial charge in [0, 0.05) is 12.1 Å². The molecule has 0 saturated heterocycles. The number of aryl methyl sites for hydroxylation is 1.